The van der Waals surface area contributed by atoms with Crippen LogP contribution in [0.1, 0.15) is 43.9 Å². The van der Waals surface area contributed by atoms with Gasteiger partial charge in [0, 0.05) is 41.1 Å². The second-order valence-corrected chi connectivity index (χ2v) is 13.8. The molecule has 0 aliphatic carbocycles. The van der Waals surface area contributed by atoms with Crippen LogP contribution in [0.5, 0.6) is 0 Å². The molecule has 0 spiro atoms. The van der Waals surface area contributed by atoms with E-state index >= 15 is 0 Å². The summed E-state index contributed by atoms with van der Waals surface area (Å²) >= 11 is 0. The first kappa shape index (κ1) is 33.6. The number of aryl methyl sites for hydroxylation is 4. The van der Waals surface area contributed by atoms with Gasteiger partial charge in [-0.3, -0.25) is 24.0 Å². The van der Waals surface area contributed by atoms with Gasteiger partial charge in [-0.15, -0.1) is 0 Å². The lowest BCUT2D eigenvalue weighted by atomic mass is 10.2. The van der Waals surface area contributed by atoms with Crippen molar-refractivity contribution < 1.29 is 26.4 Å². The van der Waals surface area contributed by atoms with E-state index in [1.165, 1.54) is 79.0 Å². The molecule has 246 valence electrons. The van der Waals surface area contributed by atoms with Gasteiger partial charge in [0.1, 0.15) is 29.0 Å². The Morgan fingerprint density at radius 2 is 1.00 bits per heavy atom. The zero-order valence-corrected chi connectivity index (χ0v) is 27.6. The Morgan fingerprint density at radius 3 is 1.40 bits per heavy atom. The Hall–Kier alpha value is -5.81. The summed E-state index contributed by atoms with van der Waals surface area (Å²) in [7, 11) is -7.88. The molecule has 0 aliphatic rings. The molecule has 0 unspecified atom stereocenters. The number of benzene rings is 2. The summed E-state index contributed by atoms with van der Waals surface area (Å²) in [6.45, 7) is 6.76. The first-order valence-corrected chi connectivity index (χ1v) is 17.1. The Kier molecular flexibility index (Phi) is 9.44. The molecule has 0 atom stereocenters. The number of hydrogen-bond acceptors (Lipinski definition) is 11. The highest BCUT2D eigenvalue weighted by Crippen LogP contribution is 2.20. The van der Waals surface area contributed by atoms with Gasteiger partial charge in [0.2, 0.25) is 0 Å². The molecule has 15 nitrogen and oxygen atoms in total. The minimum Gasteiger partial charge on any atom is -0.322 e. The Labute approximate surface area is 276 Å². The fourth-order valence-electron chi connectivity index (χ4n) is 4.43. The van der Waals surface area contributed by atoms with E-state index < -0.39 is 31.9 Å². The van der Waals surface area contributed by atoms with Crippen molar-refractivity contribution in [2.75, 3.05) is 20.1 Å². The number of carbonyl (C=O) groups excluding carboxylic acids is 2. The van der Waals surface area contributed by atoms with E-state index in [4.69, 9.17) is 0 Å². The smallest absolute Gasteiger partial charge is 0.274 e. The molecule has 17 heteroatoms. The maximum atomic E-state index is 12.8. The van der Waals surface area contributed by atoms with Crippen LogP contribution < -0.4 is 20.1 Å². The van der Waals surface area contributed by atoms with E-state index in [-0.39, 0.29) is 32.7 Å². The number of sulfonamides is 2. The van der Waals surface area contributed by atoms with E-state index in [1.807, 2.05) is 0 Å². The quantitative estimate of drug-likeness (QED) is 0.165. The zero-order valence-electron chi connectivity index (χ0n) is 26.0. The maximum absolute atomic E-state index is 12.8. The van der Waals surface area contributed by atoms with Crippen LogP contribution in [0.4, 0.5) is 23.0 Å². The lowest BCUT2D eigenvalue weighted by molar-refractivity contribution is 0.101. The normalized spacial score (nSPS) is 11.4. The lowest BCUT2D eigenvalue weighted by Gasteiger charge is -2.10. The number of amides is 2. The topological polar surface area (TPSA) is 215 Å². The van der Waals surface area contributed by atoms with Gasteiger partial charge in [-0.25, -0.2) is 36.8 Å². The largest absolute Gasteiger partial charge is 0.322 e. The summed E-state index contributed by atoms with van der Waals surface area (Å²) < 4.78 is 56.0. The van der Waals surface area contributed by atoms with Crippen LogP contribution >= 0.6 is 0 Å². The molecule has 5 aromatic rings. The fraction of sp³-hybridized carbons (Fsp3) is 0.129. The van der Waals surface area contributed by atoms with Crippen molar-refractivity contribution in [3.63, 3.8) is 0 Å². The molecule has 0 saturated carbocycles. The maximum Gasteiger partial charge on any atom is 0.274 e. The summed E-state index contributed by atoms with van der Waals surface area (Å²) in [5.74, 6) is 0.0138. The molecular formula is C31H29N9O6S2. The van der Waals surface area contributed by atoms with E-state index in [0.717, 1.165) is 0 Å². The summed E-state index contributed by atoms with van der Waals surface area (Å²) in [5.41, 5.74) is 2.03. The number of anilines is 4. The molecule has 3 aromatic heterocycles. The standard InChI is InChI=1S/C31H29N9O6S2/c1-18-15-28(35-20(3)33-18)39-47(43,44)25-10-6-23(7-11-25)37-30(41)22-5-14-27(32-17-22)31(42)38-24-8-12-26(13-9-24)48(45,46)40-29-16-19(2)34-21(4)36-29/h5-17H,1-4H3,(H,37,41)(H,38,42)(H,33,35,39)(H,34,36,40). The van der Waals surface area contributed by atoms with Crippen molar-refractivity contribution in [2.45, 2.75) is 37.5 Å². The van der Waals surface area contributed by atoms with Crippen LogP contribution in [-0.4, -0.2) is 53.6 Å². The molecule has 48 heavy (non-hydrogen) atoms. The molecule has 0 saturated heterocycles. The molecule has 5 rings (SSSR count). The highest BCUT2D eigenvalue weighted by Gasteiger charge is 2.18. The van der Waals surface area contributed by atoms with Gasteiger partial charge >= 0.3 is 0 Å². The highest BCUT2D eigenvalue weighted by atomic mass is 32.2. The lowest BCUT2D eigenvalue weighted by Crippen LogP contribution is -2.17. The number of nitrogens with one attached hydrogen (secondary N) is 4. The van der Waals surface area contributed by atoms with Crippen LogP contribution in [0.3, 0.4) is 0 Å². The van der Waals surface area contributed by atoms with Gasteiger partial charge in [0.25, 0.3) is 31.9 Å². The summed E-state index contributed by atoms with van der Waals surface area (Å²) in [6.07, 6.45) is 1.22. The molecule has 0 aliphatic heterocycles. The predicted octanol–water partition coefficient (Wildman–Crippen LogP) is 4.00. The van der Waals surface area contributed by atoms with Gasteiger partial charge in [-0.1, -0.05) is 0 Å². The number of carbonyl (C=O) groups is 2. The van der Waals surface area contributed by atoms with Crippen LogP contribution in [0.25, 0.3) is 0 Å². The second-order valence-electron chi connectivity index (χ2n) is 10.5. The van der Waals surface area contributed by atoms with Gasteiger partial charge in [-0.2, -0.15) is 0 Å². The van der Waals surface area contributed by atoms with Gasteiger partial charge < -0.3 is 10.6 Å². The Balaban J connectivity index is 1.17. The van der Waals surface area contributed by atoms with E-state index in [0.29, 0.717) is 34.4 Å². The van der Waals surface area contributed by atoms with Crippen molar-refractivity contribution in [1.82, 2.24) is 24.9 Å². The highest BCUT2D eigenvalue weighted by molar-refractivity contribution is 7.93. The minimum atomic E-state index is -3.94. The minimum absolute atomic E-state index is 0.00977. The Morgan fingerprint density at radius 1 is 0.562 bits per heavy atom. The SMILES string of the molecule is Cc1cc(NS(=O)(=O)c2ccc(NC(=O)c3ccc(C(=O)Nc4ccc(S(=O)(=O)Nc5cc(C)nc(C)n5)cc4)nc3)cc2)nc(C)n1. The molecule has 0 bridgehead atoms. The first-order chi connectivity index (χ1) is 22.7. The number of aromatic nitrogens is 5. The third kappa shape index (κ3) is 8.31. The first-order valence-electron chi connectivity index (χ1n) is 14.2. The van der Waals surface area contributed by atoms with Crippen LogP contribution in [0, 0.1) is 27.7 Å². The second kappa shape index (κ2) is 13.5. The number of hydrogen-bond donors (Lipinski definition) is 4. The summed E-state index contributed by atoms with van der Waals surface area (Å²) in [6, 6.07) is 16.8. The van der Waals surface area contributed by atoms with Crippen molar-refractivity contribution in [1.29, 1.82) is 0 Å². The average Bonchev–Trinajstić information content (AvgIpc) is 3.00. The monoisotopic (exact) mass is 687 g/mol. The van der Waals surface area contributed by atoms with Crippen LogP contribution in [-0.2, 0) is 20.0 Å². The van der Waals surface area contributed by atoms with Gasteiger partial charge in [0.05, 0.1) is 15.4 Å². The Bertz CT molecular complexity index is 2030. The molecule has 0 radical (unpaired) electrons. The van der Waals surface area contributed by atoms with Crippen LogP contribution in [0.15, 0.2) is 88.8 Å². The van der Waals surface area contributed by atoms with Crippen molar-refractivity contribution in [3.05, 3.63) is 113 Å². The van der Waals surface area contributed by atoms with Crippen molar-refractivity contribution in [3.8, 4) is 0 Å². The fourth-order valence-corrected chi connectivity index (χ4v) is 6.41. The molecule has 2 aromatic carbocycles. The van der Waals surface area contributed by atoms with Gasteiger partial charge in [-0.05, 0) is 88.4 Å². The summed E-state index contributed by atoms with van der Waals surface area (Å²) in [4.78, 5) is 45.9. The van der Waals surface area contributed by atoms with Gasteiger partial charge in [0.15, 0.2) is 0 Å². The molecule has 4 N–H and O–H groups in total. The summed E-state index contributed by atoms with van der Waals surface area (Å²) in [5, 5.41) is 5.28. The third-order valence-corrected chi connectivity index (χ3v) is 9.25. The molecular weight excluding hydrogens is 659 g/mol. The molecule has 0 fully saturated rings. The number of pyridine rings is 1. The van der Waals surface area contributed by atoms with E-state index in [9.17, 15) is 26.4 Å². The predicted molar refractivity (Wildman–Crippen MR) is 178 cm³/mol. The molecule has 3 heterocycles. The number of nitrogens with zero attached hydrogens (tertiary/aromatic N) is 5. The van der Waals surface area contributed by atoms with E-state index in [2.05, 4.69) is 45.0 Å². The molecule has 2 amide bonds. The van der Waals surface area contributed by atoms with E-state index in [1.54, 1.807) is 27.7 Å². The average molecular weight is 688 g/mol. The number of rotatable bonds is 10. The third-order valence-electron chi connectivity index (χ3n) is 6.51. The van der Waals surface area contributed by atoms with Crippen molar-refractivity contribution >= 4 is 54.9 Å². The zero-order chi connectivity index (χ0) is 34.6. The van der Waals surface area contributed by atoms with Crippen LogP contribution in [0.2, 0.25) is 0 Å². The van der Waals surface area contributed by atoms with Crippen molar-refractivity contribution in [2.24, 2.45) is 0 Å².